The molecule has 3 nitrogen and oxygen atoms in total. The van der Waals surface area contributed by atoms with E-state index in [2.05, 4.69) is 15.3 Å². The molecule has 0 spiro atoms. The lowest BCUT2D eigenvalue weighted by Gasteiger charge is -2.10. The molecule has 0 aliphatic heterocycles. The number of rotatable bonds is 4. The summed E-state index contributed by atoms with van der Waals surface area (Å²) >= 11 is 1.15. The van der Waals surface area contributed by atoms with Crippen LogP contribution in [0.3, 0.4) is 0 Å². The SMILES string of the molecule is CNc1cc(Sc2ccc(F)cc2F)nc(C(C)C)n1. The van der Waals surface area contributed by atoms with E-state index in [1.54, 1.807) is 13.1 Å². The minimum Gasteiger partial charge on any atom is -0.373 e. The number of aromatic nitrogens is 2. The molecule has 0 aliphatic rings. The molecular weight excluding hydrogens is 280 g/mol. The van der Waals surface area contributed by atoms with Crippen molar-refractivity contribution in [3.63, 3.8) is 0 Å². The molecule has 2 aromatic rings. The molecule has 106 valence electrons. The largest absolute Gasteiger partial charge is 0.373 e. The van der Waals surface area contributed by atoms with E-state index in [0.717, 1.165) is 17.8 Å². The standard InChI is InChI=1S/C14H15F2N3S/c1-8(2)14-18-12(17-3)7-13(19-14)20-11-5-4-9(15)6-10(11)16/h4-8H,1-3H3,(H,17,18,19). The number of hydrogen-bond acceptors (Lipinski definition) is 4. The molecule has 1 aromatic heterocycles. The lowest BCUT2D eigenvalue weighted by Crippen LogP contribution is -2.02. The number of nitrogens with one attached hydrogen (secondary N) is 1. The van der Waals surface area contributed by atoms with Gasteiger partial charge in [-0.2, -0.15) is 0 Å². The lowest BCUT2D eigenvalue weighted by molar-refractivity contribution is 0.565. The van der Waals surface area contributed by atoms with Gasteiger partial charge >= 0.3 is 0 Å². The second-order valence-electron chi connectivity index (χ2n) is 4.53. The Morgan fingerprint density at radius 2 is 1.90 bits per heavy atom. The van der Waals surface area contributed by atoms with E-state index in [-0.39, 0.29) is 5.92 Å². The molecule has 0 unspecified atom stereocenters. The summed E-state index contributed by atoms with van der Waals surface area (Å²) in [4.78, 5) is 9.07. The quantitative estimate of drug-likeness (QED) is 0.863. The van der Waals surface area contributed by atoms with Gasteiger partial charge in [0.05, 0.1) is 0 Å². The highest BCUT2D eigenvalue weighted by Gasteiger charge is 2.11. The summed E-state index contributed by atoms with van der Waals surface area (Å²) in [7, 11) is 1.76. The van der Waals surface area contributed by atoms with Gasteiger partial charge in [0.25, 0.3) is 0 Å². The van der Waals surface area contributed by atoms with E-state index >= 15 is 0 Å². The van der Waals surface area contributed by atoms with Gasteiger partial charge in [-0.25, -0.2) is 18.7 Å². The van der Waals surface area contributed by atoms with Gasteiger partial charge < -0.3 is 5.32 Å². The third-order valence-corrected chi connectivity index (χ3v) is 3.57. The molecule has 0 bridgehead atoms. The maximum atomic E-state index is 13.7. The predicted molar refractivity (Wildman–Crippen MR) is 76.1 cm³/mol. The smallest absolute Gasteiger partial charge is 0.140 e. The van der Waals surface area contributed by atoms with Gasteiger partial charge in [-0.3, -0.25) is 0 Å². The number of nitrogens with zero attached hydrogens (tertiary/aromatic N) is 2. The van der Waals surface area contributed by atoms with Crippen LogP contribution in [0.4, 0.5) is 14.6 Å². The Balaban J connectivity index is 2.34. The van der Waals surface area contributed by atoms with Gasteiger partial charge in [0.2, 0.25) is 0 Å². The summed E-state index contributed by atoms with van der Waals surface area (Å²) in [6.45, 7) is 3.98. The fourth-order valence-corrected chi connectivity index (χ4v) is 2.38. The topological polar surface area (TPSA) is 37.8 Å². The molecule has 1 N–H and O–H groups in total. The fourth-order valence-electron chi connectivity index (χ4n) is 1.55. The maximum Gasteiger partial charge on any atom is 0.140 e. The highest BCUT2D eigenvalue weighted by Crippen LogP contribution is 2.30. The monoisotopic (exact) mass is 295 g/mol. The molecule has 1 aromatic carbocycles. The molecule has 0 amide bonds. The van der Waals surface area contributed by atoms with Crippen molar-refractivity contribution in [2.75, 3.05) is 12.4 Å². The Kier molecular flexibility index (Phi) is 4.54. The minimum absolute atomic E-state index is 0.167. The van der Waals surface area contributed by atoms with Gasteiger partial charge in [0, 0.05) is 30.0 Å². The summed E-state index contributed by atoms with van der Waals surface area (Å²) in [5.74, 6) is 0.343. The van der Waals surface area contributed by atoms with Crippen LogP contribution in [0.2, 0.25) is 0 Å². The number of anilines is 1. The number of halogens is 2. The Hall–Kier alpha value is -1.69. The van der Waals surface area contributed by atoms with Crippen LogP contribution in [-0.4, -0.2) is 17.0 Å². The summed E-state index contributed by atoms with van der Waals surface area (Å²) in [5, 5.41) is 3.58. The van der Waals surface area contributed by atoms with Crippen LogP contribution in [0.5, 0.6) is 0 Å². The van der Waals surface area contributed by atoms with Gasteiger partial charge in [-0.1, -0.05) is 25.6 Å². The zero-order valence-electron chi connectivity index (χ0n) is 11.4. The van der Waals surface area contributed by atoms with Crippen molar-refractivity contribution in [2.24, 2.45) is 0 Å². The third kappa shape index (κ3) is 3.45. The second kappa shape index (κ2) is 6.17. The van der Waals surface area contributed by atoms with Crippen molar-refractivity contribution in [3.05, 3.63) is 41.7 Å². The van der Waals surface area contributed by atoms with Gasteiger partial charge in [-0.05, 0) is 12.1 Å². The molecule has 6 heteroatoms. The highest BCUT2D eigenvalue weighted by molar-refractivity contribution is 7.99. The van der Waals surface area contributed by atoms with Crippen molar-refractivity contribution in [1.29, 1.82) is 0 Å². The van der Waals surface area contributed by atoms with Crippen molar-refractivity contribution in [2.45, 2.75) is 29.7 Å². The first-order chi connectivity index (χ1) is 9.49. The Morgan fingerprint density at radius 1 is 1.15 bits per heavy atom. The van der Waals surface area contributed by atoms with Crippen molar-refractivity contribution >= 4 is 17.6 Å². The summed E-state index contributed by atoms with van der Waals surface area (Å²) in [6, 6.07) is 5.24. The number of hydrogen-bond donors (Lipinski definition) is 1. The first-order valence-electron chi connectivity index (χ1n) is 6.19. The zero-order chi connectivity index (χ0) is 14.7. The Bertz CT molecular complexity index is 617. The normalized spacial score (nSPS) is 10.9. The van der Waals surface area contributed by atoms with E-state index in [9.17, 15) is 8.78 Å². The molecule has 0 aliphatic carbocycles. The van der Waals surface area contributed by atoms with Crippen LogP contribution < -0.4 is 5.32 Å². The van der Waals surface area contributed by atoms with Crippen molar-refractivity contribution < 1.29 is 8.78 Å². The fraction of sp³-hybridized carbons (Fsp3) is 0.286. The lowest BCUT2D eigenvalue weighted by atomic mass is 10.2. The number of benzene rings is 1. The van der Waals surface area contributed by atoms with Gasteiger partial charge in [0.15, 0.2) is 0 Å². The average Bonchev–Trinajstić information content (AvgIpc) is 2.41. The molecule has 0 saturated heterocycles. The molecule has 1 heterocycles. The maximum absolute atomic E-state index is 13.7. The van der Waals surface area contributed by atoms with Crippen LogP contribution in [0.1, 0.15) is 25.6 Å². The second-order valence-corrected chi connectivity index (χ2v) is 5.59. The Labute approximate surface area is 120 Å². The van der Waals surface area contributed by atoms with Crippen LogP contribution in [0.25, 0.3) is 0 Å². The zero-order valence-corrected chi connectivity index (χ0v) is 12.3. The summed E-state index contributed by atoms with van der Waals surface area (Å²) < 4.78 is 26.5. The summed E-state index contributed by atoms with van der Waals surface area (Å²) in [6.07, 6.45) is 0. The Morgan fingerprint density at radius 3 is 2.50 bits per heavy atom. The van der Waals surface area contributed by atoms with E-state index in [1.807, 2.05) is 13.8 Å². The third-order valence-electron chi connectivity index (χ3n) is 2.60. The molecule has 0 radical (unpaired) electrons. The first-order valence-corrected chi connectivity index (χ1v) is 7.01. The van der Waals surface area contributed by atoms with E-state index in [0.29, 0.717) is 21.6 Å². The van der Waals surface area contributed by atoms with E-state index in [4.69, 9.17) is 0 Å². The molecule has 2 rings (SSSR count). The average molecular weight is 295 g/mol. The van der Waals surface area contributed by atoms with Crippen LogP contribution in [-0.2, 0) is 0 Å². The molecular formula is C14H15F2N3S. The van der Waals surface area contributed by atoms with Crippen LogP contribution in [0.15, 0.2) is 34.2 Å². The van der Waals surface area contributed by atoms with Gasteiger partial charge in [-0.15, -0.1) is 0 Å². The molecule has 20 heavy (non-hydrogen) atoms. The van der Waals surface area contributed by atoms with Crippen molar-refractivity contribution in [3.8, 4) is 0 Å². The van der Waals surface area contributed by atoms with Crippen LogP contribution in [0, 0.1) is 11.6 Å². The molecule has 0 fully saturated rings. The van der Waals surface area contributed by atoms with E-state index in [1.165, 1.54) is 12.1 Å². The van der Waals surface area contributed by atoms with Crippen LogP contribution >= 0.6 is 11.8 Å². The van der Waals surface area contributed by atoms with Crippen molar-refractivity contribution in [1.82, 2.24) is 9.97 Å². The molecule has 0 atom stereocenters. The van der Waals surface area contributed by atoms with Gasteiger partial charge in [0.1, 0.15) is 28.3 Å². The summed E-state index contributed by atoms with van der Waals surface area (Å²) in [5.41, 5.74) is 0. The molecule has 0 saturated carbocycles. The first kappa shape index (κ1) is 14.7. The highest BCUT2D eigenvalue weighted by atomic mass is 32.2. The van der Waals surface area contributed by atoms with E-state index < -0.39 is 11.6 Å². The predicted octanol–water partition coefficient (Wildman–Crippen LogP) is 4.07. The minimum atomic E-state index is -0.592.